The van der Waals surface area contributed by atoms with Crippen molar-refractivity contribution in [1.82, 2.24) is 10.2 Å². The molecule has 0 aromatic heterocycles. The number of hydrogen-bond donors (Lipinski definition) is 1. The van der Waals surface area contributed by atoms with Crippen LogP contribution in [0.2, 0.25) is 0 Å². The zero-order chi connectivity index (χ0) is 13.4. The van der Waals surface area contributed by atoms with Gasteiger partial charge in [0.25, 0.3) is 0 Å². The summed E-state index contributed by atoms with van der Waals surface area (Å²) in [6.07, 6.45) is 4.40. The van der Waals surface area contributed by atoms with E-state index in [-0.39, 0.29) is 5.91 Å². The van der Waals surface area contributed by atoms with Crippen molar-refractivity contribution >= 4 is 29.1 Å². The smallest absolute Gasteiger partial charge is 0.229 e. The minimum absolute atomic E-state index is 0.0165. The summed E-state index contributed by atoms with van der Waals surface area (Å²) in [6, 6.07) is 0.632. The largest absolute Gasteiger partial charge is 0.354 e. The van der Waals surface area contributed by atoms with Crippen LogP contribution in [0.4, 0.5) is 0 Å². The van der Waals surface area contributed by atoms with Crippen LogP contribution in [0.1, 0.15) is 39.5 Å². The molecular weight excluding hydrogens is 271 g/mol. The fraction of sp³-hybridized carbons (Fsp3) is 0.923. The van der Waals surface area contributed by atoms with Gasteiger partial charge in [-0.1, -0.05) is 6.42 Å². The van der Waals surface area contributed by atoms with Gasteiger partial charge in [-0.05, 0) is 39.7 Å². The number of halogens is 2. The lowest BCUT2D eigenvalue weighted by Gasteiger charge is -2.33. The summed E-state index contributed by atoms with van der Waals surface area (Å²) in [5, 5.41) is 2.96. The Morgan fingerprint density at radius 1 is 1.44 bits per heavy atom. The summed E-state index contributed by atoms with van der Waals surface area (Å²) in [5.41, 5.74) is -0.594. The molecule has 1 aliphatic carbocycles. The number of nitrogens with one attached hydrogen (secondary N) is 1. The average molecular weight is 293 g/mol. The Morgan fingerprint density at radius 2 is 2.11 bits per heavy atom. The van der Waals surface area contributed by atoms with Crippen molar-refractivity contribution in [2.24, 2.45) is 5.41 Å². The van der Waals surface area contributed by atoms with Crippen molar-refractivity contribution in [2.75, 3.05) is 19.6 Å². The number of hydrogen-bond acceptors (Lipinski definition) is 2. The minimum atomic E-state index is -0.866. The summed E-state index contributed by atoms with van der Waals surface area (Å²) < 4.78 is -0.866. The molecule has 18 heavy (non-hydrogen) atoms. The van der Waals surface area contributed by atoms with Gasteiger partial charge in [0.15, 0.2) is 0 Å². The molecule has 0 radical (unpaired) electrons. The predicted octanol–water partition coefficient (Wildman–Crippen LogP) is 2.56. The van der Waals surface area contributed by atoms with Crippen LogP contribution < -0.4 is 5.32 Å². The highest BCUT2D eigenvalue weighted by molar-refractivity contribution is 6.53. The Bertz CT molecular complexity index is 335. The maximum atomic E-state index is 12.0. The fourth-order valence-corrected chi connectivity index (χ4v) is 3.35. The van der Waals surface area contributed by atoms with E-state index in [1.54, 1.807) is 0 Å². The van der Waals surface area contributed by atoms with Crippen molar-refractivity contribution < 1.29 is 4.79 Å². The summed E-state index contributed by atoms with van der Waals surface area (Å²) in [7, 11) is 0. The van der Waals surface area contributed by atoms with Gasteiger partial charge in [0.1, 0.15) is 4.33 Å². The molecule has 104 valence electrons. The van der Waals surface area contributed by atoms with Crippen LogP contribution in [0.15, 0.2) is 0 Å². The lowest BCUT2D eigenvalue weighted by atomic mass is 10.0. The van der Waals surface area contributed by atoms with Gasteiger partial charge in [0.05, 0.1) is 5.41 Å². The molecule has 5 heteroatoms. The molecule has 1 saturated heterocycles. The summed E-state index contributed by atoms with van der Waals surface area (Å²) in [6.45, 7) is 6.82. The van der Waals surface area contributed by atoms with Gasteiger partial charge in [-0.25, -0.2) is 0 Å². The topological polar surface area (TPSA) is 32.3 Å². The fourth-order valence-electron chi connectivity index (χ4n) is 2.64. The second-order valence-electron chi connectivity index (χ2n) is 5.85. The summed E-state index contributed by atoms with van der Waals surface area (Å²) in [5.74, 6) is -0.0165. The second kappa shape index (κ2) is 5.18. The Morgan fingerprint density at radius 3 is 2.67 bits per heavy atom. The standard InChI is InChI=1S/C13H22Cl2N2O/c1-10-5-3-4-7-17(10)8-6-16-11(18)12(2)9-13(12,14)15/h10H,3-9H2,1-2H3,(H,16,18)/t10-,12+/m1/s1. The first-order valence-corrected chi connectivity index (χ1v) is 7.52. The first-order chi connectivity index (χ1) is 8.37. The maximum Gasteiger partial charge on any atom is 0.229 e. The molecule has 0 unspecified atom stereocenters. The molecule has 0 aromatic carbocycles. The number of alkyl halides is 2. The number of likely N-dealkylation sites (tertiary alicyclic amines) is 1. The number of piperidine rings is 1. The van der Waals surface area contributed by atoms with Crippen LogP contribution in [0.3, 0.4) is 0 Å². The van der Waals surface area contributed by atoms with E-state index in [0.717, 1.165) is 13.1 Å². The molecule has 0 aromatic rings. The number of rotatable bonds is 4. The minimum Gasteiger partial charge on any atom is -0.354 e. The Labute approximate surface area is 119 Å². The van der Waals surface area contributed by atoms with Crippen molar-refractivity contribution in [3.05, 3.63) is 0 Å². The van der Waals surface area contributed by atoms with Crippen LogP contribution in [0.5, 0.6) is 0 Å². The molecule has 3 nitrogen and oxygen atoms in total. The third-order valence-electron chi connectivity index (χ3n) is 4.38. The van der Waals surface area contributed by atoms with E-state index in [1.807, 2.05) is 6.92 Å². The number of carbonyl (C=O) groups is 1. The zero-order valence-electron chi connectivity index (χ0n) is 11.1. The molecule has 1 saturated carbocycles. The lowest BCUT2D eigenvalue weighted by Crippen LogP contribution is -2.44. The molecule has 1 N–H and O–H groups in total. The third-order valence-corrected chi connectivity index (χ3v) is 5.49. The molecule has 0 bridgehead atoms. The molecule has 2 rings (SSSR count). The van der Waals surface area contributed by atoms with Crippen LogP contribution in [0, 0.1) is 5.41 Å². The quantitative estimate of drug-likeness (QED) is 0.808. The van der Waals surface area contributed by atoms with Gasteiger partial charge in [-0.15, -0.1) is 23.2 Å². The highest BCUT2D eigenvalue weighted by Gasteiger charge is 2.67. The SMILES string of the molecule is C[C@@H]1CCCCN1CCNC(=O)[C@]1(C)CC1(Cl)Cl. The molecule has 1 aliphatic heterocycles. The van der Waals surface area contributed by atoms with Crippen LogP contribution in [-0.2, 0) is 4.79 Å². The molecule has 2 atom stereocenters. The van der Waals surface area contributed by atoms with Crippen LogP contribution in [0.25, 0.3) is 0 Å². The summed E-state index contributed by atoms with van der Waals surface area (Å²) >= 11 is 12.0. The Kier molecular flexibility index (Phi) is 4.15. The van der Waals surface area contributed by atoms with E-state index in [0.29, 0.717) is 19.0 Å². The summed E-state index contributed by atoms with van der Waals surface area (Å²) in [4.78, 5) is 14.4. The Hall–Kier alpha value is 0.01000. The lowest BCUT2D eigenvalue weighted by molar-refractivity contribution is -0.125. The predicted molar refractivity (Wildman–Crippen MR) is 75.1 cm³/mol. The number of nitrogens with zero attached hydrogens (tertiary/aromatic N) is 1. The average Bonchev–Trinajstić information content (AvgIpc) is 2.82. The van der Waals surface area contributed by atoms with E-state index in [9.17, 15) is 4.79 Å². The molecule has 2 aliphatic rings. The van der Waals surface area contributed by atoms with E-state index in [4.69, 9.17) is 23.2 Å². The van der Waals surface area contributed by atoms with E-state index < -0.39 is 9.75 Å². The van der Waals surface area contributed by atoms with Crippen LogP contribution in [-0.4, -0.2) is 40.8 Å². The molecular formula is C13H22Cl2N2O. The van der Waals surface area contributed by atoms with Crippen molar-refractivity contribution in [3.8, 4) is 0 Å². The maximum absolute atomic E-state index is 12.0. The van der Waals surface area contributed by atoms with E-state index >= 15 is 0 Å². The Balaban J connectivity index is 1.71. The number of amides is 1. The zero-order valence-corrected chi connectivity index (χ0v) is 12.7. The molecule has 0 spiro atoms. The monoisotopic (exact) mass is 292 g/mol. The normalized spacial score (nSPS) is 35.2. The highest BCUT2D eigenvalue weighted by Crippen LogP contribution is 2.63. The van der Waals surface area contributed by atoms with Gasteiger partial charge >= 0.3 is 0 Å². The molecule has 2 fully saturated rings. The van der Waals surface area contributed by atoms with Gasteiger partial charge in [-0.3, -0.25) is 9.69 Å². The van der Waals surface area contributed by atoms with Gasteiger partial charge in [0, 0.05) is 19.1 Å². The van der Waals surface area contributed by atoms with Crippen LogP contribution >= 0.6 is 23.2 Å². The van der Waals surface area contributed by atoms with Gasteiger partial charge in [0.2, 0.25) is 5.91 Å². The first kappa shape index (κ1) is 14.4. The van der Waals surface area contributed by atoms with Gasteiger partial charge < -0.3 is 5.32 Å². The number of carbonyl (C=O) groups excluding carboxylic acids is 1. The van der Waals surface area contributed by atoms with Crippen molar-refractivity contribution in [1.29, 1.82) is 0 Å². The molecule has 1 amide bonds. The van der Waals surface area contributed by atoms with E-state index in [1.165, 1.54) is 19.3 Å². The van der Waals surface area contributed by atoms with Gasteiger partial charge in [-0.2, -0.15) is 0 Å². The molecule has 1 heterocycles. The third kappa shape index (κ3) is 2.78. The van der Waals surface area contributed by atoms with Crippen molar-refractivity contribution in [2.45, 2.75) is 49.9 Å². The first-order valence-electron chi connectivity index (χ1n) is 6.77. The van der Waals surface area contributed by atoms with E-state index in [2.05, 4.69) is 17.1 Å². The van der Waals surface area contributed by atoms with Crippen molar-refractivity contribution in [3.63, 3.8) is 0 Å². The second-order valence-corrected chi connectivity index (χ2v) is 7.33. The highest BCUT2D eigenvalue weighted by atomic mass is 35.5.